The molecule has 90 valence electrons. The van der Waals surface area contributed by atoms with E-state index in [1.54, 1.807) is 0 Å². The SMILES string of the molecule is COC1CCCC(NC(CI)C(C)C)C1. The number of ether oxygens (including phenoxy) is 1. The Bertz CT molecular complexity index is 175. The molecule has 3 atom stereocenters. The zero-order chi connectivity index (χ0) is 11.3. The Labute approximate surface area is 108 Å². The predicted octanol–water partition coefficient (Wildman–Crippen LogP) is 2.99. The number of rotatable bonds is 5. The van der Waals surface area contributed by atoms with Gasteiger partial charge in [-0.05, 0) is 31.6 Å². The van der Waals surface area contributed by atoms with E-state index in [0.717, 1.165) is 5.92 Å². The summed E-state index contributed by atoms with van der Waals surface area (Å²) in [7, 11) is 1.84. The Kier molecular flexibility index (Phi) is 6.46. The number of alkyl halides is 1. The molecule has 2 nitrogen and oxygen atoms in total. The molecule has 0 saturated heterocycles. The van der Waals surface area contributed by atoms with Crippen LogP contribution in [0.3, 0.4) is 0 Å². The first-order valence-electron chi connectivity index (χ1n) is 6.02. The second-order valence-electron chi connectivity index (χ2n) is 4.89. The van der Waals surface area contributed by atoms with Crippen molar-refractivity contribution >= 4 is 22.6 Å². The smallest absolute Gasteiger partial charge is 0.0586 e. The topological polar surface area (TPSA) is 21.3 Å². The maximum absolute atomic E-state index is 5.46. The van der Waals surface area contributed by atoms with Gasteiger partial charge in [0.25, 0.3) is 0 Å². The molecule has 15 heavy (non-hydrogen) atoms. The van der Waals surface area contributed by atoms with Gasteiger partial charge in [0.15, 0.2) is 0 Å². The first-order valence-corrected chi connectivity index (χ1v) is 7.54. The molecular weight excluding hydrogens is 301 g/mol. The standard InChI is InChI=1S/C12H24INO/c1-9(2)12(8-13)14-10-5-4-6-11(7-10)15-3/h9-12,14H,4-8H2,1-3H3. The molecular formula is C12H24INO. The lowest BCUT2D eigenvalue weighted by atomic mass is 9.91. The highest BCUT2D eigenvalue weighted by molar-refractivity contribution is 14.1. The number of hydrogen-bond donors (Lipinski definition) is 1. The lowest BCUT2D eigenvalue weighted by Gasteiger charge is -2.33. The number of methoxy groups -OCH3 is 1. The van der Waals surface area contributed by atoms with Gasteiger partial charge in [0, 0.05) is 23.6 Å². The number of nitrogens with one attached hydrogen (secondary N) is 1. The molecule has 1 rings (SSSR count). The van der Waals surface area contributed by atoms with E-state index in [9.17, 15) is 0 Å². The van der Waals surface area contributed by atoms with Crippen LogP contribution in [-0.4, -0.2) is 29.7 Å². The van der Waals surface area contributed by atoms with Gasteiger partial charge >= 0.3 is 0 Å². The Morgan fingerprint density at radius 2 is 2.13 bits per heavy atom. The zero-order valence-corrected chi connectivity index (χ0v) is 12.3. The fraction of sp³-hybridized carbons (Fsp3) is 1.00. The summed E-state index contributed by atoms with van der Waals surface area (Å²) in [6.45, 7) is 4.60. The van der Waals surface area contributed by atoms with E-state index in [2.05, 4.69) is 41.8 Å². The van der Waals surface area contributed by atoms with E-state index in [1.807, 2.05) is 7.11 Å². The van der Waals surface area contributed by atoms with Gasteiger partial charge in [0.2, 0.25) is 0 Å². The fourth-order valence-corrected chi connectivity index (χ4v) is 3.50. The van der Waals surface area contributed by atoms with E-state index in [4.69, 9.17) is 4.74 Å². The molecule has 0 spiro atoms. The van der Waals surface area contributed by atoms with Crippen molar-refractivity contribution in [3.63, 3.8) is 0 Å². The summed E-state index contributed by atoms with van der Waals surface area (Å²) < 4.78 is 6.65. The van der Waals surface area contributed by atoms with Crippen LogP contribution >= 0.6 is 22.6 Å². The van der Waals surface area contributed by atoms with Crippen LogP contribution in [0.15, 0.2) is 0 Å². The molecule has 0 bridgehead atoms. The summed E-state index contributed by atoms with van der Waals surface area (Å²) in [5.41, 5.74) is 0. The molecule has 0 aliphatic heterocycles. The fourth-order valence-electron chi connectivity index (χ4n) is 2.23. The van der Waals surface area contributed by atoms with E-state index in [0.29, 0.717) is 18.2 Å². The van der Waals surface area contributed by atoms with Crippen molar-refractivity contribution < 1.29 is 4.74 Å². The van der Waals surface area contributed by atoms with E-state index in [1.165, 1.54) is 30.1 Å². The van der Waals surface area contributed by atoms with Crippen LogP contribution in [0.25, 0.3) is 0 Å². The summed E-state index contributed by atoms with van der Waals surface area (Å²) >= 11 is 2.48. The van der Waals surface area contributed by atoms with Crippen molar-refractivity contribution in [2.45, 2.75) is 57.7 Å². The van der Waals surface area contributed by atoms with Gasteiger partial charge in [-0.1, -0.05) is 36.4 Å². The number of hydrogen-bond acceptors (Lipinski definition) is 2. The van der Waals surface area contributed by atoms with Crippen LogP contribution in [0.4, 0.5) is 0 Å². The Hall–Kier alpha value is 0.650. The summed E-state index contributed by atoms with van der Waals surface area (Å²) in [6.07, 6.45) is 5.54. The first kappa shape index (κ1) is 13.7. The normalized spacial score (nSPS) is 29.4. The van der Waals surface area contributed by atoms with Crippen LogP contribution < -0.4 is 5.32 Å². The molecule has 1 aliphatic rings. The quantitative estimate of drug-likeness (QED) is 0.620. The average molecular weight is 325 g/mol. The second kappa shape index (κ2) is 7.07. The summed E-state index contributed by atoms with van der Waals surface area (Å²) in [6, 6.07) is 1.33. The van der Waals surface area contributed by atoms with Crippen molar-refractivity contribution in [3.05, 3.63) is 0 Å². The van der Waals surface area contributed by atoms with Gasteiger partial charge < -0.3 is 10.1 Å². The van der Waals surface area contributed by atoms with Crippen molar-refractivity contribution in [3.8, 4) is 0 Å². The lowest BCUT2D eigenvalue weighted by molar-refractivity contribution is 0.0564. The van der Waals surface area contributed by atoms with Crippen LogP contribution in [-0.2, 0) is 4.74 Å². The lowest BCUT2D eigenvalue weighted by Crippen LogP contribution is -2.45. The maximum atomic E-state index is 5.46. The molecule has 0 aromatic rings. The van der Waals surface area contributed by atoms with Gasteiger partial charge in [-0.25, -0.2) is 0 Å². The first-order chi connectivity index (χ1) is 7.17. The molecule has 0 heterocycles. The van der Waals surface area contributed by atoms with Crippen molar-refractivity contribution in [1.82, 2.24) is 5.32 Å². The van der Waals surface area contributed by atoms with Gasteiger partial charge in [-0.2, -0.15) is 0 Å². The molecule has 1 saturated carbocycles. The Balaban J connectivity index is 2.36. The molecule has 0 radical (unpaired) electrons. The third-order valence-electron chi connectivity index (χ3n) is 3.38. The monoisotopic (exact) mass is 325 g/mol. The highest BCUT2D eigenvalue weighted by Crippen LogP contribution is 2.22. The molecule has 0 aromatic heterocycles. The summed E-state index contributed by atoms with van der Waals surface area (Å²) in [5.74, 6) is 0.727. The Morgan fingerprint density at radius 1 is 1.40 bits per heavy atom. The Morgan fingerprint density at radius 3 is 2.67 bits per heavy atom. The zero-order valence-electron chi connectivity index (χ0n) is 10.1. The maximum Gasteiger partial charge on any atom is 0.0586 e. The van der Waals surface area contributed by atoms with Crippen molar-refractivity contribution in [2.24, 2.45) is 5.92 Å². The largest absolute Gasteiger partial charge is 0.381 e. The molecule has 0 amide bonds. The third-order valence-corrected chi connectivity index (χ3v) is 4.33. The van der Waals surface area contributed by atoms with Crippen molar-refractivity contribution in [1.29, 1.82) is 0 Å². The highest BCUT2D eigenvalue weighted by Gasteiger charge is 2.24. The summed E-state index contributed by atoms with van der Waals surface area (Å²) in [4.78, 5) is 0. The molecule has 3 heteroatoms. The van der Waals surface area contributed by atoms with Crippen LogP contribution in [0, 0.1) is 5.92 Å². The van der Waals surface area contributed by atoms with Crippen LogP contribution in [0.2, 0.25) is 0 Å². The minimum atomic E-state index is 0.485. The third kappa shape index (κ3) is 4.57. The molecule has 1 N–H and O–H groups in total. The average Bonchev–Trinajstić information content (AvgIpc) is 2.25. The summed E-state index contributed by atoms with van der Waals surface area (Å²) in [5, 5.41) is 3.78. The minimum absolute atomic E-state index is 0.485. The van der Waals surface area contributed by atoms with E-state index >= 15 is 0 Å². The van der Waals surface area contributed by atoms with E-state index < -0.39 is 0 Å². The van der Waals surface area contributed by atoms with Gasteiger partial charge in [0.1, 0.15) is 0 Å². The van der Waals surface area contributed by atoms with Gasteiger partial charge in [0.05, 0.1) is 6.10 Å². The molecule has 3 unspecified atom stereocenters. The molecule has 1 aliphatic carbocycles. The second-order valence-corrected chi connectivity index (χ2v) is 5.77. The van der Waals surface area contributed by atoms with Crippen LogP contribution in [0.1, 0.15) is 39.5 Å². The van der Waals surface area contributed by atoms with Crippen LogP contribution in [0.5, 0.6) is 0 Å². The van der Waals surface area contributed by atoms with Gasteiger partial charge in [-0.3, -0.25) is 0 Å². The number of halogens is 1. The molecule has 1 fully saturated rings. The highest BCUT2D eigenvalue weighted by atomic mass is 127. The van der Waals surface area contributed by atoms with E-state index in [-0.39, 0.29) is 0 Å². The van der Waals surface area contributed by atoms with Crippen molar-refractivity contribution in [2.75, 3.05) is 11.5 Å². The van der Waals surface area contributed by atoms with Gasteiger partial charge in [-0.15, -0.1) is 0 Å². The predicted molar refractivity (Wildman–Crippen MR) is 73.7 cm³/mol. The minimum Gasteiger partial charge on any atom is -0.381 e. The molecule has 0 aromatic carbocycles.